The summed E-state index contributed by atoms with van der Waals surface area (Å²) in [5.74, 6) is 0.341. The predicted molar refractivity (Wildman–Crippen MR) is 87.0 cm³/mol. The van der Waals surface area contributed by atoms with Gasteiger partial charge in [0.15, 0.2) is 0 Å². The molecule has 0 aliphatic rings. The van der Waals surface area contributed by atoms with Crippen LogP contribution in [0.4, 0.5) is 0 Å². The van der Waals surface area contributed by atoms with Crippen molar-refractivity contribution in [2.75, 3.05) is 0 Å². The van der Waals surface area contributed by atoms with Crippen molar-refractivity contribution in [2.24, 2.45) is 0 Å². The predicted octanol–water partition coefficient (Wildman–Crippen LogP) is 5.42. The van der Waals surface area contributed by atoms with Crippen molar-refractivity contribution < 1.29 is 9.90 Å². The van der Waals surface area contributed by atoms with Gasteiger partial charge in [0.2, 0.25) is 0 Å². The second-order valence-corrected chi connectivity index (χ2v) is 6.10. The van der Waals surface area contributed by atoms with Crippen LogP contribution in [0, 0.1) is 0 Å². The van der Waals surface area contributed by atoms with E-state index in [0.717, 1.165) is 19.3 Å². The maximum Gasteiger partial charge on any atom is 0.133 e. The second kappa shape index (κ2) is 15.0. The van der Waals surface area contributed by atoms with Crippen molar-refractivity contribution in [3.8, 4) is 0 Å². The normalized spacial score (nSPS) is 12.6. The average Bonchev–Trinajstić information content (AvgIpc) is 2.45. The fourth-order valence-corrected chi connectivity index (χ4v) is 2.51. The molecule has 0 saturated carbocycles. The van der Waals surface area contributed by atoms with Gasteiger partial charge in [-0.2, -0.15) is 0 Å². The molecule has 0 aliphatic carbocycles. The molecule has 0 radical (unpaired) electrons. The number of unbranched alkanes of at least 4 members (excludes halogenated alkanes) is 8. The van der Waals surface area contributed by atoms with Gasteiger partial charge in [-0.25, -0.2) is 0 Å². The van der Waals surface area contributed by atoms with Gasteiger partial charge in [0.05, 0.1) is 6.10 Å². The Balaban J connectivity index is 3.34. The fraction of sp³-hybridized carbons (Fsp3) is 0.944. The maximum atomic E-state index is 11.7. The van der Waals surface area contributed by atoms with E-state index in [2.05, 4.69) is 13.8 Å². The van der Waals surface area contributed by atoms with Crippen LogP contribution in [0.15, 0.2) is 0 Å². The van der Waals surface area contributed by atoms with Crippen molar-refractivity contribution in [2.45, 2.75) is 110 Å². The Labute approximate surface area is 126 Å². The Bertz CT molecular complexity index is 213. The van der Waals surface area contributed by atoms with Crippen LogP contribution in [0.2, 0.25) is 0 Å². The van der Waals surface area contributed by atoms with E-state index in [1.165, 1.54) is 51.4 Å². The molecule has 0 rings (SSSR count). The highest BCUT2D eigenvalue weighted by Crippen LogP contribution is 2.12. The first-order valence-electron chi connectivity index (χ1n) is 8.90. The first-order valence-corrected chi connectivity index (χ1v) is 8.90. The molecule has 0 aromatic rings. The fourth-order valence-electron chi connectivity index (χ4n) is 2.51. The van der Waals surface area contributed by atoms with Gasteiger partial charge in [-0.05, 0) is 19.3 Å². The zero-order chi connectivity index (χ0) is 15.1. The number of hydrogen-bond donors (Lipinski definition) is 1. The van der Waals surface area contributed by atoms with Crippen molar-refractivity contribution in [1.82, 2.24) is 0 Å². The summed E-state index contributed by atoms with van der Waals surface area (Å²) >= 11 is 0. The van der Waals surface area contributed by atoms with Crippen LogP contribution >= 0.6 is 0 Å². The Morgan fingerprint density at radius 1 is 0.750 bits per heavy atom. The lowest BCUT2D eigenvalue weighted by molar-refractivity contribution is -0.119. The number of rotatable bonds is 15. The van der Waals surface area contributed by atoms with Crippen molar-refractivity contribution in [3.05, 3.63) is 0 Å². The van der Waals surface area contributed by atoms with E-state index in [1.807, 2.05) is 0 Å². The summed E-state index contributed by atoms with van der Waals surface area (Å²) in [5, 5.41) is 9.81. The molecule has 0 saturated heterocycles. The standard InChI is InChI=1S/C18H36O2/c1-3-5-7-9-10-12-14-18(20)16-15-17(19)13-11-8-6-4-2/h17,19H,3-16H2,1-2H3. The van der Waals surface area contributed by atoms with Crippen LogP contribution in [-0.4, -0.2) is 17.0 Å². The summed E-state index contributed by atoms with van der Waals surface area (Å²) in [6, 6.07) is 0. The summed E-state index contributed by atoms with van der Waals surface area (Å²) in [6.07, 6.45) is 14.7. The second-order valence-electron chi connectivity index (χ2n) is 6.10. The van der Waals surface area contributed by atoms with E-state index < -0.39 is 0 Å². The lowest BCUT2D eigenvalue weighted by atomic mass is 10.0. The molecule has 0 fully saturated rings. The summed E-state index contributed by atoms with van der Waals surface area (Å²) in [7, 11) is 0. The summed E-state index contributed by atoms with van der Waals surface area (Å²) in [5.41, 5.74) is 0. The third-order valence-corrected chi connectivity index (χ3v) is 3.96. The molecule has 0 amide bonds. The molecule has 2 nitrogen and oxygen atoms in total. The van der Waals surface area contributed by atoms with Crippen LogP contribution in [0.1, 0.15) is 104 Å². The molecular formula is C18H36O2. The number of ketones is 1. The number of hydrogen-bond acceptors (Lipinski definition) is 2. The van der Waals surface area contributed by atoms with Crippen molar-refractivity contribution >= 4 is 5.78 Å². The first-order chi connectivity index (χ1) is 9.70. The Morgan fingerprint density at radius 3 is 1.95 bits per heavy atom. The van der Waals surface area contributed by atoms with Gasteiger partial charge in [-0.3, -0.25) is 4.79 Å². The minimum Gasteiger partial charge on any atom is -0.393 e. The molecule has 0 aliphatic heterocycles. The smallest absolute Gasteiger partial charge is 0.133 e. The molecule has 20 heavy (non-hydrogen) atoms. The number of aliphatic hydroxyl groups excluding tert-OH is 1. The minimum absolute atomic E-state index is 0.264. The van der Waals surface area contributed by atoms with Gasteiger partial charge in [0.25, 0.3) is 0 Å². The first kappa shape index (κ1) is 19.6. The van der Waals surface area contributed by atoms with E-state index in [-0.39, 0.29) is 6.10 Å². The lowest BCUT2D eigenvalue weighted by Gasteiger charge is -2.09. The molecular weight excluding hydrogens is 248 g/mol. The zero-order valence-corrected chi connectivity index (χ0v) is 13.8. The van der Waals surface area contributed by atoms with Crippen LogP contribution in [0.5, 0.6) is 0 Å². The number of Topliss-reactive ketones (excluding diaryl/α,β-unsaturated/α-hetero) is 1. The van der Waals surface area contributed by atoms with E-state index in [4.69, 9.17) is 0 Å². The molecule has 0 bridgehead atoms. The van der Waals surface area contributed by atoms with Crippen LogP contribution in [-0.2, 0) is 4.79 Å². The average molecular weight is 284 g/mol. The molecule has 0 spiro atoms. The SMILES string of the molecule is CCCCCCCCC(=O)CCC(O)CCCCCC. The van der Waals surface area contributed by atoms with E-state index >= 15 is 0 Å². The highest BCUT2D eigenvalue weighted by Gasteiger charge is 2.08. The highest BCUT2D eigenvalue weighted by atomic mass is 16.3. The third-order valence-electron chi connectivity index (χ3n) is 3.96. The molecule has 0 heterocycles. The number of carbonyl (C=O) groups excluding carboxylic acids is 1. The number of aliphatic hydroxyl groups is 1. The number of carbonyl (C=O) groups is 1. The third kappa shape index (κ3) is 14.0. The minimum atomic E-state index is -0.264. The van der Waals surface area contributed by atoms with Gasteiger partial charge < -0.3 is 5.11 Å². The maximum absolute atomic E-state index is 11.7. The quantitative estimate of drug-likeness (QED) is 0.408. The highest BCUT2D eigenvalue weighted by molar-refractivity contribution is 5.78. The lowest BCUT2D eigenvalue weighted by Crippen LogP contribution is -2.09. The van der Waals surface area contributed by atoms with Crippen LogP contribution in [0.25, 0.3) is 0 Å². The van der Waals surface area contributed by atoms with Gasteiger partial charge in [0, 0.05) is 12.8 Å². The van der Waals surface area contributed by atoms with Gasteiger partial charge in [-0.1, -0.05) is 71.6 Å². The summed E-state index contributed by atoms with van der Waals surface area (Å²) in [4.78, 5) is 11.7. The zero-order valence-electron chi connectivity index (χ0n) is 13.8. The monoisotopic (exact) mass is 284 g/mol. The molecule has 0 aromatic heterocycles. The topological polar surface area (TPSA) is 37.3 Å². The van der Waals surface area contributed by atoms with Gasteiger partial charge >= 0.3 is 0 Å². The van der Waals surface area contributed by atoms with Crippen LogP contribution < -0.4 is 0 Å². The summed E-state index contributed by atoms with van der Waals surface area (Å²) < 4.78 is 0. The van der Waals surface area contributed by atoms with Gasteiger partial charge in [0.1, 0.15) is 5.78 Å². The Kier molecular flexibility index (Phi) is 14.7. The molecule has 1 unspecified atom stereocenters. The largest absolute Gasteiger partial charge is 0.393 e. The molecule has 120 valence electrons. The van der Waals surface area contributed by atoms with E-state index in [0.29, 0.717) is 25.0 Å². The van der Waals surface area contributed by atoms with Gasteiger partial charge in [-0.15, -0.1) is 0 Å². The molecule has 1 N–H and O–H groups in total. The van der Waals surface area contributed by atoms with Crippen LogP contribution in [0.3, 0.4) is 0 Å². The Morgan fingerprint density at radius 2 is 1.30 bits per heavy atom. The summed E-state index contributed by atoms with van der Waals surface area (Å²) in [6.45, 7) is 4.41. The molecule has 2 heteroatoms. The van der Waals surface area contributed by atoms with Crippen molar-refractivity contribution in [1.29, 1.82) is 0 Å². The van der Waals surface area contributed by atoms with Crippen molar-refractivity contribution in [3.63, 3.8) is 0 Å². The molecule has 0 aromatic carbocycles. The molecule has 1 atom stereocenters. The Hall–Kier alpha value is -0.370. The van der Waals surface area contributed by atoms with E-state index in [1.54, 1.807) is 0 Å². The van der Waals surface area contributed by atoms with E-state index in [9.17, 15) is 9.90 Å².